The van der Waals surface area contributed by atoms with E-state index in [4.69, 9.17) is 9.47 Å². The molecule has 9 rings (SSSR count). The van der Waals surface area contributed by atoms with Gasteiger partial charge in [0.15, 0.2) is 5.78 Å². The van der Waals surface area contributed by atoms with E-state index in [1.807, 2.05) is 0 Å². The van der Waals surface area contributed by atoms with Gasteiger partial charge in [0, 0.05) is 17.4 Å². The zero-order chi connectivity index (χ0) is 17.5. The number of fused-ring (bicyclic) bond motifs is 4. The predicted octanol–water partition coefficient (Wildman–Crippen LogP) is 3.12. The van der Waals surface area contributed by atoms with Crippen LogP contribution in [0.3, 0.4) is 0 Å². The highest BCUT2D eigenvalue weighted by atomic mass is 16.6. The molecule has 4 heteroatoms. The number of Topliss-reactive ketones (excluding diaryl/α,β-unsaturated/α-hetero) is 1. The van der Waals surface area contributed by atoms with Gasteiger partial charge in [0.05, 0.1) is 18.1 Å². The number of ketones is 1. The molecule has 9 fully saturated rings. The van der Waals surface area contributed by atoms with Crippen molar-refractivity contribution in [3.05, 3.63) is 12.2 Å². The van der Waals surface area contributed by atoms with Gasteiger partial charge >= 0.3 is 0 Å². The van der Waals surface area contributed by atoms with Crippen LogP contribution in [0.25, 0.3) is 0 Å². The third-order valence-electron chi connectivity index (χ3n) is 10.2. The highest BCUT2D eigenvalue weighted by molar-refractivity contribution is 6.02. The molecule has 140 valence electrons. The summed E-state index contributed by atoms with van der Waals surface area (Å²) in [5.41, 5.74) is 1.07. The van der Waals surface area contributed by atoms with Crippen LogP contribution in [0.1, 0.15) is 51.9 Å². The second-order valence-corrected chi connectivity index (χ2v) is 10.6. The Morgan fingerprint density at radius 3 is 2.92 bits per heavy atom. The number of carbonyl (C=O) groups excluding carboxylic acids is 1. The molecule has 0 aromatic rings. The Morgan fingerprint density at radius 1 is 1.15 bits per heavy atom. The van der Waals surface area contributed by atoms with Crippen molar-refractivity contribution in [1.29, 1.82) is 0 Å². The normalized spacial score (nSPS) is 62.3. The maximum atomic E-state index is 13.5. The van der Waals surface area contributed by atoms with E-state index in [1.54, 1.807) is 0 Å². The van der Waals surface area contributed by atoms with E-state index in [0.717, 1.165) is 38.0 Å². The van der Waals surface area contributed by atoms with Gasteiger partial charge in [-0.2, -0.15) is 0 Å². The van der Waals surface area contributed by atoms with Crippen LogP contribution in [-0.2, 0) is 14.3 Å². The molecule has 0 radical (unpaired) electrons. The molecule has 5 saturated carbocycles. The first-order valence-electron chi connectivity index (χ1n) is 10.8. The Bertz CT molecular complexity index is 750. The third kappa shape index (κ3) is 1.27. The number of hydrogen-bond acceptors (Lipinski definition) is 4. The summed E-state index contributed by atoms with van der Waals surface area (Å²) in [7, 11) is 0. The van der Waals surface area contributed by atoms with Crippen molar-refractivity contribution in [3.8, 4) is 0 Å². The van der Waals surface area contributed by atoms with Gasteiger partial charge in [-0.25, -0.2) is 4.90 Å². The Morgan fingerprint density at radius 2 is 2.04 bits per heavy atom. The molecule has 0 aromatic carbocycles. The first kappa shape index (κ1) is 15.2. The Balaban J connectivity index is 1.46. The highest BCUT2D eigenvalue weighted by Crippen LogP contribution is 2.78. The number of ether oxygens (including phenoxy) is 2. The molecule has 0 N–H and O–H groups in total. The lowest BCUT2D eigenvalue weighted by Crippen LogP contribution is -2.82. The average Bonchev–Trinajstić information content (AvgIpc) is 3.14. The zero-order valence-electron chi connectivity index (χ0n) is 15.7. The van der Waals surface area contributed by atoms with Crippen LogP contribution in [0.15, 0.2) is 12.2 Å². The molecule has 1 unspecified atom stereocenters. The van der Waals surface area contributed by atoms with Crippen molar-refractivity contribution in [1.82, 2.24) is 4.90 Å². The quantitative estimate of drug-likeness (QED) is 0.626. The van der Waals surface area contributed by atoms with Crippen LogP contribution in [0.2, 0.25) is 0 Å². The summed E-state index contributed by atoms with van der Waals surface area (Å²) < 4.78 is 13.2. The van der Waals surface area contributed by atoms with Crippen molar-refractivity contribution >= 4 is 5.78 Å². The van der Waals surface area contributed by atoms with E-state index >= 15 is 0 Å². The second-order valence-electron chi connectivity index (χ2n) is 10.6. The summed E-state index contributed by atoms with van der Waals surface area (Å²) in [6.07, 6.45) is 8.74. The molecule has 7 bridgehead atoms. The Kier molecular flexibility index (Phi) is 2.53. The molecule has 4 aliphatic heterocycles. The van der Waals surface area contributed by atoms with Gasteiger partial charge in [-0.3, -0.25) is 4.79 Å². The number of hydrogen-bond donors (Lipinski definition) is 0. The van der Waals surface area contributed by atoms with Crippen molar-refractivity contribution in [2.75, 3.05) is 13.2 Å². The minimum absolute atomic E-state index is 0.105. The molecule has 2 spiro atoms. The molecule has 4 nitrogen and oxygen atoms in total. The fourth-order valence-electron chi connectivity index (χ4n) is 9.47. The Hall–Kier alpha value is -0.710. The van der Waals surface area contributed by atoms with Gasteiger partial charge in [0.25, 0.3) is 0 Å². The van der Waals surface area contributed by atoms with Crippen molar-refractivity contribution < 1.29 is 14.3 Å². The topological polar surface area (TPSA) is 38.8 Å². The van der Waals surface area contributed by atoms with Crippen molar-refractivity contribution in [3.63, 3.8) is 0 Å². The van der Waals surface area contributed by atoms with Crippen LogP contribution >= 0.6 is 0 Å². The lowest BCUT2D eigenvalue weighted by atomic mass is 9.32. The summed E-state index contributed by atoms with van der Waals surface area (Å²) >= 11 is 0. The maximum Gasteiger partial charge on any atom is 0.167 e. The summed E-state index contributed by atoms with van der Waals surface area (Å²) in [6, 6.07) is 0. The fraction of sp³-hybridized carbons (Fsp3) is 0.864. The zero-order valence-corrected chi connectivity index (χ0v) is 15.7. The minimum atomic E-state index is -0.246. The van der Waals surface area contributed by atoms with E-state index in [-0.39, 0.29) is 34.8 Å². The number of allylic oxidation sites excluding steroid dienone is 1. The average molecular weight is 355 g/mol. The molecule has 9 aliphatic rings. The van der Waals surface area contributed by atoms with E-state index in [0.29, 0.717) is 23.5 Å². The Labute approximate surface area is 155 Å². The molecule has 0 aromatic heterocycles. The lowest BCUT2D eigenvalue weighted by Gasteiger charge is -2.78. The molecule has 4 heterocycles. The molecule has 9 atom stereocenters. The van der Waals surface area contributed by atoms with Crippen LogP contribution in [0, 0.1) is 34.0 Å². The number of piperidine rings is 1. The van der Waals surface area contributed by atoms with Gasteiger partial charge in [-0.1, -0.05) is 19.9 Å². The second kappa shape index (κ2) is 4.31. The number of carbonyl (C=O) groups is 1. The number of nitrogens with zero attached hydrogens (tertiary/aromatic N) is 1. The fourth-order valence-corrected chi connectivity index (χ4v) is 9.47. The van der Waals surface area contributed by atoms with Crippen LogP contribution < -0.4 is 0 Å². The van der Waals surface area contributed by atoms with Crippen LogP contribution in [0.4, 0.5) is 0 Å². The summed E-state index contributed by atoms with van der Waals surface area (Å²) in [5.74, 6) is 1.98. The lowest BCUT2D eigenvalue weighted by molar-refractivity contribution is -0.404. The van der Waals surface area contributed by atoms with Gasteiger partial charge in [0.1, 0.15) is 12.5 Å². The third-order valence-corrected chi connectivity index (χ3v) is 10.2. The SMILES string of the molecule is C=C1C(=O)[C@]23CC[C@H]1C[C@H]2[C@@]12CCC[C@@]4(C)C5OCCN5[C@@H]1O[C@@H]3C[C@@H]24. The van der Waals surface area contributed by atoms with Crippen LogP contribution in [-0.4, -0.2) is 42.4 Å². The molecular weight excluding hydrogens is 326 g/mol. The largest absolute Gasteiger partial charge is 0.361 e. The van der Waals surface area contributed by atoms with Gasteiger partial charge < -0.3 is 9.47 Å². The summed E-state index contributed by atoms with van der Waals surface area (Å²) in [5, 5.41) is 0. The van der Waals surface area contributed by atoms with Crippen LogP contribution in [0.5, 0.6) is 0 Å². The number of rotatable bonds is 0. The molecule has 4 saturated heterocycles. The maximum absolute atomic E-state index is 13.5. The standard InChI is InChI=1S/C22H29NO3/c1-12-13-4-7-22(17(12)24)15(10-13)21-6-3-5-20(2)14(21)11-16(22)26-19(21)23-8-9-25-18(20)23/h13-16,18-19H,1,3-11H2,2H3/t13-,14+,15-,16+,18?,19+,20+,21-,22+/m0/s1. The minimum Gasteiger partial charge on any atom is -0.361 e. The first-order valence-corrected chi connectivity index (χ1v) is 10.8. The monoisotopic (exact) mass is 355 g/mol. The summed E-state index contributed by atoms with van der Waals surface area (Å²) in [4.78, 5) is 16.1. The van der Waals surface area contributed by atoms with E-state index in [9.17, 15) is 4.79 Å². The van der Waals surface area contributed by atoms with Crippen molar-refractivity contribution in [2.45, 2.75) is 70.4 Å². The molecular formula is C22H29NO3. The predicted molar refractivity (Wildman–Crippen MR) is 95.0 cm³/mol. The summed E-state index contributed by atoms with van der Waals surface area (Å²) in [6.45, 7) is 8.55. The van der Waals surface area contributed by atoms with Crippen molar-refractivity contribution in [2.24, 2.45) is 34.0 Å². The van der Waals surface area contributed by atoms with E-state index in [2.05, 4.69) is 18.4 Å². The van der Waals surface area contributed by atoms with Gasteiger partial charge in [-0.15, -0.1) is 0 Å². The molecule has 5 aliphatic carbocycles. The molecule has 26 heavy (non-hydrogen) atoms. The highest BCUT2D eigenvalue weighted by Gasteiger charge is 2.81. The van der Waals surface area contributed by atoms with E-state index in [1.165, 1.54) is 25.7 Å². The smallest absolute Gasteiger partial charge is 0.167 e. The molecule has 0 amide bonds. The first-order chi connectivity index (χ1) is 12.5. The van der Waals surface area contributed by atoms with Gasteiger partial charge in [0.2, 0.25) is 0 Å². The van der Waals surface area contributed by atoms with Gasteiger partial charge in [-0.05, 0) is 61.9 Å². The van der Waals surface area contributed by atoms with E-state index < -0.39 is 0 Å².